The van der Waals surface area contributed by atoms with Crippen LogP contribution in [0, 0.1) is 24.7 Å². The molecule has 0 unspecified atom stereocenters. The van der Waals surface area contributed by atoms with Crippen LogP contribution in [0.4, 0.5) is 0 Å². The zero-order chi connectivity index (χ0) is 21.0. The molecule has 1 aromatic carbocycles. The highest BCUT2D eigenvalue weighted by Crippen LogP contribution is 2.27. The number of nitrogens with one attached hydrogen (secondary N) is 1. The third kappa shape index (κ3) is 5.80. The fourth-order valence-electron chi connectivity index (χ4n) is 4.55. The fraction of sp³-hybridized carbons (Fsp3) is 0.682. The van der Waals surface area contributed by atoms with E-state index in [-0.39, 0.29) is 18.4 Å². The van der Waals surface area contributed by atoms with Crippen LogP contribution in [0.25, 0.3) is 0 Å². The summed E-state index contributed by atoms with van der Waals surface area (Å²) in [5.41, 5.74) is 2.41. The molecule has 2 aliphatic rings. The van der Waals surface area contributed by atoms with E-state index < -0.39 is 10.2 Å². The Bertz CT molecular complexity index is 784. The highest BCUT2D eigenvalue weighted by atomic mass is 32.2. The van der Waals surface area contributed by atoms with Gasteiger partial charge < -0.3 is 5.32 Å². The van der Waals surface area contributed by atoms with Crippen LogP contribution in [0.15, 0.2) is 24.3 Å². The van der Waals surface area contributed by atoms with E-state index in [2.05, 4.69) is 50.4 Å². The molecule has 6 nitrogen and oxygen atoms in total. The molecular formula is C22H35N3O3S. The van der Waals surface area contributed by atoms with Gasteiger partial charge in [0.25, 0.3) is 10.2 Å². The van der Waals surface area contributed by atoms with Crippen molar-refractivity contribution in [3.05, 3.63) is 35.4 Å². The van der Waals surface area contributed by atoms with Gasteiger partial charge in [-0.3, -0.25) is 4.79 Å². The number of hydrogen-bond acceptors (Lipinski definition) is 3. The lowest BCUT2D eigenvalue weighted by Gasteiger charge is -2.39. The first-order chi connectivity index (χ1) is 13.8. The first-order valence-electron chi connectivity index (χ1n) is 10.8. The summed E-state index contributed by atoms with van der Waals surface area (Å²) in [4.78, 5) is 12.6. The van der Waals surface area contributed by atoms with Crippen molar-refractivity contribution in [3.63, 3.8) is 0 Å². The fourth-order valence-corrected chi connectivity index (χ4v) is 6.49. The average Bonchev–Trinajstić information content (AvgIpc) is 2.69. The molecule has 0 bridgehead atoms. The molecule has 2 saturated heterocycles. The number of hydrogen-bond donors (Lipinski definition) is 1. The quantitative estimate of drug-likeness (QED) is 0.768. The second-order valence-electron chi connectivity index (χ2n) is 8.99. The molecule has 1 N–H and O–H groups in total. The van der Waals surface area contributed by atoms with Gasteiger partial charge in [-0.25, -0.2) is 0 Å². The molecule has 162 valence electrons. The maximum absolute atomic E-state index is 13.1. The number of aryl methyl sites for hydroxylation is 1. The Morgan fingerprint density at radius 3 is 2.38 bits per heavy atom. The van der Waals surface area contributed by atoms with E-state index in [1.54, 1.807) is 4.31 Å². The molecule has 1 amide bonds. The van der Waals surface area contributed by atoms with E-state index >= 15 is 0 Å². The van der Waals surface area contributed by atoms with Crippen molar-refractivity contribution < 1.29 is 13.2 Å². The summed E-state index contributed by atoms with van der Waals surface area (Å²) in [5.74, 6) is 0.451. The van der Waals surface area contributed by atoms with Crippen molar-refractivity contribution in [2.24, 2.45) is 17.8 Å². The molecule has 0 radical (unpaired) electrons. The molecule has 7 heteroatoms. The molecule has 3 atom stereocenters. The van der Waals surface area contributed by atoms with Gasteiger partial charge in [-0.05, 0) is 50.0 Å². The second kappa shape index (κ2) is 9.58. The highest BCUT2D eigenvalue weighted by molar-refractivity contribution is 7.86. The monoisotopic (exact) mass is 421 g/mol. The summed E-state index contributed by atoms with van der Waals surface area (Å²) in [6.07, 6.45) is 3.33. The number of amides is 1. The van der Waals surface area contributed by atoms with E-state index in [0.29, 0.717) is 38.0 Å². The van der Waals surface area contributed by atoms with Crippen LogP contribution in [0.1, 0.15) is 44.2 Å². The predicted octanol–water partition coefficient (Wildman–Crippen LogP) is 2.59. The maximum atomic E-state index is 13.1. The first kappa shape index (κ1) is 22.2. The van der Waals surface area contributed by atoms with E-state index in [9.17, 15) is 13.2 Å². The molecule has 0 saturated carbocycles. The summed E-state index contributed by atoms with van der Waals surface area (Å²) < 4.78 is 29.5. The number of benzene rings is 1. The number of carbonyl (C=O) groups is 1. The van der Waals surface area contributed by atoms with Crippen molar-refractivity contribution in [1.82, 2.24) is 13.9 Å². The van der Waals surface area contributed by atoms with Crippen LogP contribution in [-0.4, -0.2) is 55.7 Å². The first-order valence-corrected chi connectivity index (χ1v) is 12.2. The van der Waals surface area contributed by atoms with Gasteiger partial charge in [-0.15, -0.1) is 0 Å². The standard InChI is InChI=1S/C22H35N3O3S/c1-17-6-8-20(9-7-17)10-11-23-22(26)21-5-4-12-24(16-21)29(27,28)25-14-18(2)13-19(3)15-25/h6-9,18-19,21H,4-5,10-16H2,1-3H3,(H,23,26)/t18-,19-,21-/m1/s1. The van der Waals surface area contributed by atoms with Crippen LogP contribution < -0.4 is 5.32 Å². The third-order valence-corrected chi connectivity index (χ3v) is 8.01. The topological polar surface area (TPSA) is 69.7 Å². The van der Waals surface area contributed by atoms with E-state index in [0.717, 1.165) is 25.7 Å². The lowest BCUT2D eigenvalue weighted by atomic mass is 9.94. The van der Waals surface area contributed by atoms with E-state index in [1.165, 1.54) is 15.4 Å². The summed E-state index contributed by atoms with van der Waals surface area (Å²) in [5, 5.41) is 3.01. The van der Waals surface area contributed by atoms with Crippen LogP contribution in [0.2, 0.25) is 0 Å². The minimum Gasteiger partial charge on any atom is -0.355 e. The molecule has 1 aromatic rings. The number of nitrogens with zero attached hydrogens (tertiary/aromatic N) is 2. The Morgan fingerprint density at radius 1 is 1.07 bits per heavy atom. The van der Waals surface area contributed by atoms with Gasteiger partial charge in [0.1, 0.15) is 0 Å². The zero-order valence-electron chi connectivity index (χ0n) is 17.9. The Balaban J connectivity index is 1.53. The third-order valence-electron chi connectivity index (χ3n) is 6.08. The summed E-state index contributed by atoms with van der Waals surface area (Å²) in [6, 6.07) is 8.31. The molecule has 3 rings (SSSR count). The van der Waals surface area contributed by atoms with Gasteiger partial charge in [0, 0.05) is 32.7 Å². The zero-order valence-corrected chi connectivity index (χ0v) is 18.7. The number of piperidine rings is 2. The SMILES string of the molecule is Cc1ccc(CCNC(=O)[C@@H]2CCCN(S(=O)(=O)N3C[C@H](C)C[C@@H](C)C3)C2)cc1. The number of rotatable bonds is 6. The second-order valence-corrected chi connectivity index (χ2v) is 10.9. The summed E-state index contributed by atoms with van der Waals surface area (Å²) in [7, 11) is -3.50. The summed E-state index contributed by atoms with van der Waals surface area (Å²) in [6.45, 7) is 8.81. The average molecular weight is 422 g/mol. The molecular weight excluding hydrogens is 386 g/mol. The largest absolute Gasteiger partial charge is 0.355 e. The van der Waals surface area contributed by atoms with Crippen LogP contribution in [0.5, 0.6) is 0 Å². The van der Waals surface area contributed by atoms with Crippen LogP contribution >= 0.6 is 0 Å². The normalized spacial score (nSPS) is 26.9. The van der Waals surface area contributed by atoms with Gasteiger partial charge in [-0.1, -0.05) is 43.7 Å². The minimum absolute atomic E-state index is 0.0302. The lowest BCUT2D eigenvalue weighted by molar-refractivity contribution is -0.126. The van der Waals surface area contributed by atoms with Crippen LogP contribution in [-0.2, 0) is 21.4 Å². The Hall–Kier alpha value is -1.44. The maximum Gasteiger partial charge on any atom is 0.282 e. The van der Waals surface area contributed by atoms with Gasteiger partial charge >= 0.3 is 0 Å². The van der Waals surface area contributed by atoms with Gasteiger partial charge in [-0.2, -0.15) is 17.0 Å². The minimum atomic E-state index is -3.50. The molecule has 29 heavy (non-hydrogen) atoms. The number of carbonyl (C=O) groups excluding carboxylic acids is 1. The van der Waals surface area contributed by atoms with Crippen molar-refractivity contribution in [2.75, 3.05) is 32.7 Å². The van der Waals surface area contributed by atoms with Gasteiger partial charge in [0.05, 0.1) is 5.92 Å². The molecule has 2 heterocycles. The van der Waals surface area contributed by atoms with Crippen LogP contribution in [0.3, 0.4) is 0 Å². The molecule has 2 fully saturated rings. The summed E-state index contributed by atoms with van der Waals surface area (Å²) >= 11 is 0. The van der Waals surface area contributed by atoms with Gasteiger partial charge in [0.15, 0.2) is 0 Å². The smallest absolute Gasteiger partial charge is 0.282 e. The predicted molar refractivity (Wildman–Crippen MR) is 116 cm³/mol. The molecule has 0 spiro atoms. The van der Waals surface area contributed by atoms with Gasteiger partial charge in [0.2, 0.25) is 5.91 Å². The van der Waals surface area contributed by atoms with E-state index in [1.807, 2.05) is 0 Å². The van der Waals surface area contributed by atoms with Crippen molar-refractivity contribution in [2.45, 2.75) is 46.5 Å². The Kier molecular flexibility index (Phi) is 7.35. The highest BCUT2D eigenvalue weighted by Gasteiger charge is 2.38. The molecule has 0 aromatic heterocycles. The Labute approximate surface area is 175 Å². The van der Waals surface area contributed by atoms with E-state index in [4.69, 9.17) is 0 Å². The van der Waals surface area contributed by atoms with Crippen molar-refractivity contribution >= 4 is 16.1 Å². The molecule has 0 aliphatic carbocycles. The lowest BCUT2D eigenvalue weighted by Crippen LogP contribution is -2.53. The Morgan fingerprint density at radius 2 is 1.72 bits per heavy atom. The van der Waals surface area contributed by atoms with Crippen molar-refractivity contribution in [3.8, 4) is 0 Å². The molecule has 2 aliphatic heterocycles. The van der Waals surface area contributed by atoms with Crippen molar-refractivity contribution in [1.29, 1.82) is 0 Å².